The topological polar surface area (TPSA) is 93.3 Å². The summed E-state index contributed by atoms with van der Waals surface area (Å²) in [6.45, 7) is 0. The van der Waals surface area contributed by atoms with Crippen LogP contribution in [-0.2, 0) is 10.5 Å². The number of nitrogens with zero attached hydrogens (tertiary/aromatic N) is 1. The maximum atomic E-state index is 12.4. The van der Waals surface area contributed by atoms with Gasteiger partial charge < -0.3 is 19.8 Å². The van der Waals surface area contributed by atoms with Crippen molar-refractivity contribution in [3.05, 3.63) is 70.6 Å². The molecule has 0 radical (unpaired) electrons. The Hall–Kier alpha value is -2.91. The lowest BCUT2D eigenvalue weighted by molar-refractivity contribution is -0.113. The fourth-order valence-corrected chi connectivity index (χ4v) is 4.04. The number of H-pyrrole nitrogens is 1. The van der Waals surface area contributed by atoms with Crippen molar-refractivity contribution in [1.82, 2.24) is 9.97 Å². The average molecular weight is 444 g/mol. The summed E-state index contributed by atoms with van der Waals surface area (Å²) >= 11 is 2.76. The number of hydrogen-bond donors (Lipinski definition) is 2. The number of thioether (sulfide) groups is 2. The highest BCUT2D eigenvalue weighted by Gasteiger charge is 2.11. The van der Waals surface area contributed by atoms with Crippen LogP contribution in [0.3, 0.4) is 0 Å². The number of nitrogens with one attached hydrogen (secondary N) is 2. The van der Waals surface area contributed by atoms with E-state index in [0.717, 1.165) is 16.7 Å². The molecule has 7 nitrogen and oxygen atoms in total. The zero-order valence-corrected chi connectivity index (χ0v) is 18.1. The van der Waals surface area contributed by atoms with Crippen molar-refractivity contribution in [1.29, 1.82) is 0 Å². The molecule has 2 N–H and O–H groups in total. The van der Waals surface area contributed by atoms with Gasteiger partial charge in [0.2, 0.25) is 5.91 Å². The lowest BCUT2D eigenvalue weighted by atomic mass is 10.2. The third kappa shape index (κ3) is 6.30. The molecule has 0 bridgehead atoms. The monoisotopic (exact) mass is 443 g/mol. The molecule has 0 aliphatic heterocycles. The third-order valence-electron chi connectivity index (χ3n) is 3.92. The number of carbonyl (C=O) groups excluding carboxylic acids is 1. The Balaban J connectivity index is 1.61. The van der Waals surface area contributed by atoms with Crippen LogP contribution in [-0.4, -0.2) is 35.8 Å². The Morgan fingerprint density at radius 1 is 1.07 bits per heavy atom. The van der Waals surface area contributed by atoms with E-state index in [1.165, 1.54) is 13.2 Å². The number of ether oxygens (including phenoxy) is 2. The van der Waals surface area contributed by atoms with Gasteiger partial charge in [0.1, 0.15) is 11.5 Å². The van der Waals surface area contributed by atoms with Gasteiger partial charge in [-0.25, -0.2) is 4.98 Å². The predicted octanol–water partition coefficient (Wildman–Crippen LogP) is 3.81. The highest BCUT2D eigenvalue weighted by atomic mass is 32.2. The number of anilines is 1. The minimum atomic E-state index is -0.252. The van der Waals surface area contributed by atoms with E-state index in [9.17, 15) is 9.59 Å². The number of rotatable bonds is 9. The number of methoxy groups -OCH3 is 2. The highest BCUT2D eigenvalue weighted by Crippen LogP contribution is 2.29. The molecule has 0 aliphatic rings. The fourth-order valence-electron chi connectivity index (χ4n) is 2.53. The zero-order chi connectivity index (χ0) is 21.3. The zero-order valence-electron chi connectivity index (χ0n) is 16.5. The van der Waals surface area contributed by atoms with Gasteiger partial charge in [0.25, 0.3) is 5.56 Å². The molecular formula is C21H21N3O4S2. The van der Waals surface area contributed by atoms with Crippen molar-refractivity contribution >= 4 is 35.1 Å². The number of aromatic amines is 1. The van der Waals surface area contributed by atoms with Crippen LogP contribution < -0.4 is 20.3 Å². The van der Waals surface area contributed by atoms with Gasteiger partial charge in [-0.2, -0.15) is 0 Å². The smallest absolute Gasteiger partial charge is 0.251 e. The number of hydrogen-bond acceptors (Lipinski definition) is 7. The molecule has 1 aromatic heterocycles. The fraction of sp³-hybridized carbons (Fsp3) is 0.190. The number of amides is 1. The van der Waals surface area contributed by atoms with E-state index in [-0.39, 0.29) is 17.2 Å². The van der Waals surface area contributed by atoms with Gasteiger partial charge in [0.05, 0.1) is 31.4 Å². The Bertz CT molecular complexity index is 1060. The summed E-state index contributed by atoms with van der Waals surface area (Å²) in [5.74, 6) is 1.53. The van der Waals surface area contributed by atoms with Crippen LogP contribution >= 0.6 is 23.5 Å². The molecule has 156 valence electrons. The lowest BCUT2D eigenvalue weighted by Crippen LogP contribution is -2.16. The Morgan fingerprint density at radius 2 is 1.87 bits per heavy atom. The minimum Gasteiger partial charge on any atom is -0.497 e. The molecule has 2 aromatic carbocycles. The van der Waals surface area contributed by atoms with Gasteiger partial charge >= 0.3 is 0 Å². The van der Waals surface area contributed by atoms with Gasteiger partial charge in [-0.05, 0) is 24.3 Å². The van der Waals surface area contributed by atoms with Crippen LogP contribution in [0, 0.1) is 0 Å². The predicted molar refractivity (Wildman–Crippen MR) is 120 cm³/mol. The van der Waals surface area contributed by atoms with E-state index in [1.54, 1.807) is 37.1 Å². The first-order valence-electron chi connectivity index (χ1n) is 9.00. The summed E-state index contributed by atoms with van der Waals surface area (Å²) in [5.41, 5.74) is 0.924. The van der Waals surface area contributed by atoms with Gasteiger partial charge in [-0.15, -0.1) is 11.8 Å². The maximum Gasteiger partial charge on any atom is 0.251 e. The molecule has 0 unspecified atom stereocenters. The summed E-state index contributed by atoms with van der Waals surface area (Å²) in [7, 11) is 3.08. The maximum absolute atomic E-state index is 12.4. The molecule has 9 heteroatoms. The molecule has 3 rings (SSSR count). The van der Waals surface area contributed by atoms with Crippen LogP contribution in [0.5, 0.6) is 11.5 Å². The van der Waals surface area contributed by atoms with E-state index in [0.29, 0.717) is 33.8 Å². The van der Waals surface area contributed by atoms with Gasteiger partial charge in [-0.3, -0.25) is 9.59 Å². The van der Waals surface area contributed by atoms with E-state index in [1.807, 2.05) is 30.3 Å². The van der Waals surface area contributed by atoms with Gasteiger partial charge in [0, 0.05) is 22.8 Å². The van der Waals surface area contributed by atoms with E-state index >= 15 is 0 Å². The summed E-state index contributed by atoms with van der Waals surface area (Å²) in [5, 5.41) is 3.20. The number of benzene rings is 2. The van der Waals surface area contributed by atoms with Gasteiger partial charge in [-0.1, -0.05) is 30.0 Å². The first-order chi connectivity index (χ1) is 14.6. The van der Waals surface area contributed by atoms with Crippen LogP contribution in [0.4, 0.5) is 5.69 Å². The molecule has 0 saturated heterocycles. The van der Waals surface area contributed by atoms with Crippen LogP contribution in [0.1, 0.15) is 5.69 Å². The summed E-state index contributed by atoms with van der Waals surface area (Å²) in [4.78, 5) is 32.6. The molecule has 1 heterocycles. The third-order valence-corrected chi connectivity index (χ3v) is 5.84. The number of carbonyl (C=O) groups is 1. The quantitative estimate of drug-likeness (QED) is 0.384. The molecule has 0 spiro atoms. The largest absolute Gasteiger partial charge is 0.497 e. The second kappa shape index (κ2) is 10.7. The summed E-state index contributed by atoms with van der Waals surface area (Å²) in [6.07, 6.45) is 0. The average Bonchev–Trinajstić information content (AvgIpc) is 2.76. The summed E-state index contributed by atoms with van der Waals surface area (Å²) < 4.78 is 10.4. The van der Waals surface area contributed by atoms with E-state index in [2.05, 4.69) is 15.3 Å². The van der Waals surface area contributed by atoms with Crippen molar-refractivity contribution in [3.63, 3.8) is 0 Å². The lowest BCUT2D eigenvalue weighted by Gasteiger charge is -2.11. The second-order valence-corrected chi connectivity index (χ2v) is 8.06. The van der Waals surface area contributed by atoms with Gasteiger partial charge in [0.15, 0.2) is 5.16 Å². The molecule has 0 saturated carbocycles. The molecule has 0 atom stereocenters. The Morgan fingerprint density at radius 3 is 2.60 bits per heavy atom. The molecule has 3 aromatic rings. The van der Waals surface area contributed by atoms with Crippen molar-refractivity contribution in [2.24, 2.45) is 0 Å². The van der Waals surface area contributed by atoms with Crippen molar-refractivity contribution in [2.45, 2.75) is 15.8 Å². The second-order valence-electron chi connectivity index (χ2n) is 6.05. The Labute approximate surface area is 182 Å². The normalized spacial score (nSPS) is 10.5. The molecule has 1 amide bonds. The standard InChI is InChI=1S/C21H21N3O4S2/c1-27-15-8-9-18(28-2)17(11-15)23-20(26)13-30-21-22-14(10-19(25)24-21)12-29-16-6-4-3-5-7-16/h3-11H,12-13H2,1-2H3,(H,23,26)(H,22,24,25). The molecule has 0 aliphatic carbocycles. The molecular weight excluding hydrogens is 422 g/mol. The van der Waals surface area contributed by atoms with Crippen molar-refractivity contribution in [3.8, 4) is 11.5 Å². The molecule has 30 heavy (non-hydrogen) atoms. The molecule has 0 fully saturated rings. The summed E-state index contributed by atoms with van der Waals surface area (Å²) in [6, 6.07) is 16.5. The van der Waals surface area contributed by atoms with Crippen LogP contribution in [0.15, 0.2) is 69.4 Å². The van der Waals surface area contributed by atoms with E-state index in [4.69, 9.17) is 9.47 Å². The number of aromatic nitrogens is 2. The first kappa shape index (κ1) is 21.8. The minimum absolute atomic E-state index is 0.0819. The van der Waals surface area contributed by atoms with E-state index < -0.39 is 0 Å². The van der Waals surface area contributed by atoms with Crippen LogP contribution in [0.25, 0.3) is 0 Å². The highest BCUT2D eigenvalue weighted by molar-refractivity contribution is 7.99. The van der Waals surface area contributed by atoms with Crippen molar-refractivity contribution in [2.75, 3.05) is 25.3 Å². The Kier molecular flexibility index (Phi) is 7.81. The van der Waals surface area contributed by atoms with Crippen molar-refractivity contribution < 1.29 is 14.3 Å². The SMILES string of the molecule is COc1ccc(OC)c(NC(=O)CSc2nc(CSc3ccccc3)cc(=O)[nH]2)c1. The van der Waals surface area contributed by atoms with Crippen LogP contribution in [0.2, 0.25) is 0 Å². The first-order valence-corrected chi connectivity index (χ1v) is 11.0.